The number of aromatic nitrogens is 4. The summed E-state index contributed by atoms with van der Waals surface area (Å²) < 4.78 is 9.05. The van der Waals surface area contributed by atoms with Gasteiger partial charge in [0, 0.05) is 12.7 Å². The number of imidazole rings is 1. The van der Waals surface area contributed by atoms with Crippen LogP contribution in [0.5, 0.6) is 5.75 Å². The minimum atomic E-state index is -0.0209. The van der Waals surface area contributed by atoms with Crippen molar-refractivity contribution in [1.29, 1.82) is 0 Å². The van der Waals surface area contributed by atoms with Crippen LogP contribution in [-0.2, 0) is 12.8 Å². The maximum Gasteiger partial charge on any atom is 0.262 e. The third-order valence-corrected chi connectivity index (χ3v) is 6.79. The lowest BCUT2D eigenvalue weighted by Gasteiger charge is -2.11. The Bertz CT molecular complexity index is 1420. The minimum Gasteiger partial charge on any atom is -0.497 e. The molecule has 5 aromatic rings. The average molecular weight is 435 g/mol. The summed E-state index contributed by atoms with van der Waals surface area (Å²) >= 11 is 3.00. The standard InChI is InChI=1S/C22H18N4O2S2/c1-25-21(27)16-11-12-29-20(16)24-22(25)30-13-19-23-17-5-3-4-6-18(17)26(19)14-7-9-15(28-2)10-8-14/h3-12H,13H2,1-2H3. The number of thioether (sulfide) groups is 1. The molecule has 0 radical (unpaired) electrons. The molecular weight excluding hydrogens is 416 g/mol. The fourth-order valence-corrected chi connectivity index (χ4v) is 5.13. The fraction of sp³-hybridized carbons (Fsp3) is 0.136. The summed E-state index contributed by atoms with van der Waals surface area (Å²) in [6.07, 6.45) is 0. The van der Waals surface area contributed by atoms with Crippen LogP contribution in [0.4, 0.5) is 0 Å². The van der Waals surface area contributed by atoms with Crippen LogP contribution in [0.15, 0.2) is 69.9 Å². The Morgan fingerprint density at radius 1 is 1.07 bits per heavy atom. The van der Waals surface area contributed by atoms with E-state index in [0.717, 1.165) is 33.1 Å². The summed E-state index contributed by atoms with van der Waals surface area (Å²) in [7, 11) is 3.42. The predicted octanol–water partition coefficient (Wildman–Crippen LogP) is 4.63. The van der Waals surface area contributed by atoms with Gasteiger partial charge in [-0.3, -0.25) is 13.9 Å². The molecule has 6 nitrogen and oxygen atoms in total. The van der Waals surface area contributed by atoms with E-state index in [1.165, 1.54) is 23.1 Å². The van der Waals surface area contributed by atoms with E-state index < -0.39 is 0 Å². The lowest BCUT2D eigenvalue weighted by molar-refractivity contribution is 0.414. The highest BCUT2D eigenvalue weighted by Crippen LogP contribution is 2.28. The monoisotopic (exact) mass is 434 g/mol. The van der Waals surface area contributed by atoms with Crippen molar-refractivity contribution in [2.75, 3.05) is 7.11 Å². The number of rotatable bonds is 5. The topological polar surface area (TPSA) is 61.9 Å². The summed E-state index contributed by atoms with van der Waals surface area (Å²) in [5.74, 6) is 2.28. The van der Waals surface area contributed by atoms with Crippen LogP contribution < -0.4 is 10.3 Å². The predicted molar refractivity (Wildman–Crippen MR) is 122 cm³/mol. The molecule has 3 aromatic heterocycles. The third-order valence-electron chi connectivity index (χ3n) is 4.96. The van der Waals surface area contributed by atoms with Crippen LogP contribution in [0.25, 0.3) is 26.9 Å². The summed E-state index contributed by atoms with van der Waals surface area (Å²) in [5, 5.41) is 3.25. The zero-order chi connectivity index (χ0) is 20.7. The Labute approximate surface area is 180 Å². The zero-order valence-corrected chi connectivity index (χ0v) is 18.0. The Morgan fingerprint density at radius 2 is 1.87 bits per heavy atom. The number of benzene rings is 2. The van der Waals surface area contributed by atoms with Gasteiger partial charge in [-0.2, -0.15) is 0 Å². The SMILES string of the molecule is COc1ccc(-n2c(CSc3nc4sccc4c(=O)n3C)nc3ccccc32)cc1. The first-order chi connectivity index (χ1) is 14.7. The molecule has 5 rings (SSSR count). The smallest absolute Gasteiger partial charge is 0.262 e. The van der Waals surface area contributed by atoms with Crippen LogP contribution in [0.2, 0.25) is 0 Å². The van der Waals surface area contributed by atoms with Gasteiger partial charge in [-0.1, -0.05) is 23.9 Å². The van der Waals surface area contributed by atoms with Gasteiger partial charge in [-0.05, 0) is 47.8 Å². The number of hydrogen-bond acceptors (Lipinski definition) is 6. The van der Waals surface area contributed by atoms with Crippen molar-refractivity contribution in [1.82, 2.24) is 19.1 Å². The minimum absolute atomic E-state index is 0.0209. The average Bonchev–Trinajstić information content (AvgIpc) is 3.39. The van der Waals surface area contributed by atoms with E-state index in [-0.39, 0.29) is 5.56 Å². The molecule has 0 aliphatic heterocycles. The van der Waals surface area contributed by atoms with Crippen LogP contribution in [0.3, 0.4) is 0 Å². The van der Waals surface area contributed by atoms with E-state index in [0.29, 0.717) is 16.3 Å². The van der Waals surface area contributed by atoms with E-state index in [1.54, 1.807) is 18.7 Å². The zero-order valence-electron chi connectivity index (χ0n) is 16.4. The van der Waals surface area contributed by atoms with E-state index in [2.05, 4.69) is 15.6 Å². The highest BCUT2D eigenvalue weighted by Gasteiger charge is 2.15. The van der Waals surface area contributed by atoms with Gasteiger partial charge in [0.2, 0.25) is 0 Å². The van der Waals surface area contributed by atoms with Gasteiger partial charge < -0.3 is 4.74 Å². The Hall–Kier alpha value is -3.10. The van der Waals surface area contributed by atoms with Gasteiger partial charge in [0.15, 0.2) is 5.16 Å². The van der Waals surface area contributed by atoms with Crippen molar-refractivity contribution >= 4 is 44.3 Å². The molecule has 0 saturated carbocycles. The second-order valence-corrected chi connectivity index (χ2v) is 8.57. The van der Waals surface area contributed by atoms with Crippen LogP contribution in [-0.4, -0.2) is 26.2 Å². The Kier molecular flexibility index (Phi) is 4.80. The molecule has 0 saturated heterocycles. The normalized spacial score (nSPS) is 11.4. The molecule has 0 spiro atoms. The summed E-state index contributed by atoms with van der Waals surface area (Å²) in [4.78, 5) is 22.9. The summed E-state index contributed by atoms with van der Waals surface area (Å²) in [5.41, 5.74) is 2.95. The first kappa shape index (κ1) is 18.9. The second-order valence-electron chi connectivity index (χ2n) is 6.74. The van der Waals surface area contributed by atoms with Crippen molar-refractivity contribution in [3.8, 4) is 11.4 Å². The Balaban J connectivity index is 1.56. The largest absolute Gasteiger partial charge is 0.497 e. The number of thiophene rings is 1. The maximum absolute atomic E-state index is 12.6. The second kappa shape index (κ2) is 7.62. The molecule has 0 unspecified atom stereocenters. The molecule has 150 valence electrons. The van der Waals surface area contributed by atoms with E-state index in [4.69, 9.17) is 9.72 Å². The lowest BCUT2D eigenvalue weighted by atomic mass is 10.2. The molecule has 30 heavy (non-hydrogen) atoms. The first-order valence-corrected chi connectivity index (χ1v) is 11.2. The fourth-order valence-electron chi connectivity index (χ4n) is 3.43. The number of para-hydroxylation sites is 2. The van der Waals surface area contributed by atoms with Crippen molar-refractivity contribution in [2.24, 2.45) is 7.05 Å². The van der Waals surface area contributed by atoms with Crippen LogP contribution in [0.1, 0.15) is 5.82 Å². The van der Waals surface area contributed by atoms with Crippen molar-refractivity contribution in [2.45, 2.75) is 10.9 Å². The molecular formula is C22H18N4O2S2. The van der Waals surface area contributed by atoms with Crippen molar-refractivity contribution < 1.29 is 4.74 Å². The van der Waals surface area contributed by atoms with Crippen molar-refractivity contribution in [3.05, 3.63) is 76.2 Å². The molecule has 0 N–H and O–H groups in total. The maximum atomic E-state index is 12.6. The molecule has 0 amide bonds. The van der Waals surface area contributed by atoms with Gasteiger partial charge in [0.05, 0.1) is 29.3 Å². The number of nitrogens with zero attached hydrogens (tertiary/aromatic N) is 4. The Morgan fingerprint density at radius 3 is 2.67 bits per heavy atom. The van der Waals surface area contributed by atoms with Gasteiger partial charge in [-0.15, -0.1) is 11.3 Å². The summed E-state index contributed by atoms with van der Waals surface area (Å²) in [6.45, 7) is 0. The molecule has 0 atom stereocenters. The number of fused-ring (bicyclic) bond motifs is 2. The van der Waals surface area contributed by atoms with Gasteiger partial charge in [-0.25, -0.2) is 9.97 Å². The van der Waals surface area contributed by atoms with E-state index in [1.807, 2.05) is 53.9 Å². The number of methoxy groups -OCH3 is 1. The molecule has 0 aliphatic carbocycles. The first-order valence-electron chi connectivity index (χ1n) is 9.33. The molecule has 3 heterocycles. The lowest BCUT2D eigenvalue weighted by Crippen LogP contribution is -2.19. The third kappa shape index (κ3) is 3.18. The highest BCUT2D eigenvalue weighted by atomic mass is 32.2. The van der Waals surface area contributed by atoms with Crippen LogP contribution >= 0.6 is 23.1 Å². The van der Waals surface area contributed by atoms with Crippen LogP contribution in [0, 0.1) is 0 Å². The van der Waals surface area contributed by atoms with Gasteiger partial charge in [0.25, 0.3) is 5.56 Å². The van der Waals surface area contributed by atoms with E-state index >= 15 is 0 Å². The quantitative estimate of drug-likeness (QED) is 0.298. The van der Waals surface area contributed by atoms with Gasteiger partial charge in [0.1, 0.15) is 16.4 Å². The molecule has 2 aromatic carbocycles. The number of hydrogen-bond donors (Lipinski definition) is 0. The molecule has 0 aliphatic rings. The summed E-state index contributed by atoms with van der Waals surface area (Å²) in [6, 6.07) is 17.8. The molecule has 0 bridgehead atoms. The van der Waals surface area contributed by atoms with Gasteiger partial charge >= 0.3 is 0 Å². The molecule has 0 fully saturated rings. The highest BCUT2D eigenvalue weighted by molar-refractivity contribution is 7.98. The molecule has 8 heteroatoms. The van der Waals surface area contributed by atoms with Crippen molar-refractivity contribution in [3.63, 3.8) is 0 Å². The van der Waals surface area contributed by atoms with E-state index in [9.17, 15) is 4.79 Å². The number of ether oxygens (including phenoxy) is 1.